The molecule has 0 aliphatic rings. The van der Waals surface area contributed by atoms with Gasteiger partial charge >= 0.3 is 0 Å². The summed E-state index contributed by atoms with van der Waals surface area (Å²) in [7, 11) is 0. The van der Waals surface area contributed by atoms with Crippen LogP contribution in [0.3, 0.4) is 0 Å². The highest BCUT2D eigenvalue weighted by Crippen LogP contribution is 2.22. The zero-order chi connectivity index (χ0) is 20.1. The van der Waals surface area contributed by atoms with E-state index in [-0.39, 0.29) is 17.8 Å². The fraction of sp³-hybridized carbons (Fsp3) is 0.300. The van der Waals surface area contributed by atoms with Gasteiger partial charge in [0.05, 0.1) is 12.2 Å². The first-order chi connectivity index (χ1) is 13.5. The normalized spacial score (nSPS) is 11.9. The van der Waals surface area contributed by atoms with Gasteiger partial charge in [-0.15, -0.1) is 0 Å². The average Bonchev–Trinajstić information content (AvgIpc) is 3.18. The van der Waals surface area contributed by atoms with Crippen LogP contribution in [0.4, 0.5) is 5.82 Å². The number of carbonyl (C=O) groups excluding carboxylic acids is 1. The van der Waals surface area contributed by atoms with Gasteiger partial charge < -0.3 is 10.6 Å². The fourth-order valence-electron chi connectivity index (χ4n) is 2.81. The van der Waals surface area contributed by atoms with Gasteiger partial charge in [0, 0.05) is 29.0 Å². The molecule has 0 radical (unpaired) electrons. The van der Waals surface area contributed by atoms with Gasteiger partial charge in [-0.05, 0) is 44.4 Å². The molecule has 1 atom stereocenters. The lowest BCUT2D eigenvalue weighted by Crippen LogP contribution is -2.29. The third-order valence-corrected chi connectivity index (χ3v) is 4.92. The second kappa shape index (κ2) is 8.84. The van der Waals surface area contributed by atoms with Crippen molar-refractivity contribution in [3.8, 4) is 0 Å². The van der Waals surface area contributed by atoms with Crippen LogP contribution in [0.25, 0.3) is 0 Å². The van der Waals surface area contributed by atoms with E-state index in [1.54, 1.807) is 12.3 Å². The van der Waals surface area contributed by atoms with E-state index >= 15 is 0 Å². The van der Waals surface area contributed by atoms with Crippen LogP contribution in [0.1, 0.15) is 46.0 Å². The van der Waals surface area contributed by atoms with Crippen molar-refractivity contribution < 1.29 is 4.79 Å². The molecule has 0 aliphatic carbocycles. The molecule has 7 nitrogen and oxygen atoms in total. The predicted molar refractivity (Wildman–Crippen MR) is 110 cm³/mol. The first kappa shape index (κ1) is 19.8. The Morgan fingerprint density at radius 2 is 2.04 bits per heavy atom. The summed E-state index contributed by atoms with van der Waals surface area (Å²) in [5.41, 5.74) is 3.63. The summed E-state index contributed by atoms with van der Waals surface area (Å²) >= 11 is 6.22. The zero-order valence-corrected chi connectivity index (χ0v) is 16.8. The minimum Gasteiger partial charge on any atom is -0.369 e. The maximum absolute atomic E-state index is 12.7. The van der Waals surface area contributed by atoms with Crippen molar-refractivity contribution in [3.63, 3.8) is 0 Å². The Bertz CT molecular complexity index is 957. The maximum Gasteiger partial charge on any atom is 0.289 e. The van der Waals surface area contributed by atoms with Gasteiger partial charge in [0.1, 0.15) is 5.82 Å². The van der Waals surface area contributed by atoms with E-state index < -0.39 is 0 Å². The third-order valence-electron chi connectivity index (χ3n) is 4.57. The summed E-state index contributed by atoms with van der Waals surface area (Å²) in [6.07, 6.45) is 4.44. The molecule has 28 heavy (non-hydrogen) atoms. The van der Waals surface area contributed by atoms with Gasteiger partial charge in [-0.2, -0.15) is 5.10 Å². The number of hydrogen-bond acceptors (Lipinski definition) is 5. The Morgan fingerprint density at radius 3 is 2.75 bits per heavy atom. The SMILES string of the molecule is Cc1nc(C(=O)N[C@H](C)c2ccccc2Cl)nc(NCCc2cn[nH]c2)c1C. The van der Waals surface area contributed by atoms with Gasteiger partial charge in [-0.25, -0.2) is 9.97 Å². The third kappa shape index (κ3) is 4.67. The van der Waals surface area contributed by atoms with Crippen molar-refractivity contribution in [2.75, 3.05) is 11.9 Å². The minimum atomic E-state index is -0.339. The number of aromatic amines is 1. The molecule has 2 heterocycles. The molecule has 0 bridgehead atoms. The number of amides is 1. The van der Waals surface area contributed by atoms with Gasteiger partial charge in [-0.1, -0.05) is 29.8 Å². The first-order valence-corrected chi connectivity index (χ1v) is 9.45. The number of nitrogens with one attached hydrogen (secondary N) is 3. The summed E-state index contributed by atoms with van der Waals surface area (Å²) < 4.78 is 0. The number of rotatable bonds is 7. The summed E-state index contributed by atoms with van der Waals surface area (Å²) in [6, 6.07) is 7.17. The second-order valence-electron chi connectivity index (χ2n) is 6.61. The molecular formula is C20H23ClN6O. The molecule has 146 valence electrons. The minimum absolute atomic E-state index is 0.132. The predicted octanol–water partition coefficient (Wildman–Crippen LogP) is 3.62. The van der Waals surface area contributed by atoms with Crippen LogP contribution in [-0.2, 0) is 6.42 Å². The fourth-order valence-corrected chi connectivity index (χ4v) is 3.11. The lowest BCUT2D eigenvalue weighted by atomic mass is 10.1. The van der Waals surface area contributed by atoms with Gasteiger partial charge in [0.25, 0.3) is 5.91 Å². The molecule has 0 fully saturated rings. The Kier molecular flexibility index (Phi) is 6.26. The van der Waals surface area contributed by atoms with Crippen molar-refractivity contribution in [2.45, 2.75) is 33.2 Å². The van der Waals surface area contributed by atoms with Gasteiger partial charge in [0.2, 0.25) is 5.82 Å². The molecule has 8 heteroatoms. The average molecular weight is 399 g/mol. The Labute approximate surface area is 169 Å². The van der Waals surface area contributed by atoms with Crippen LogP contribution < -0.4 is 10.6 Å². The molecule has 0 spiro atoms. The molecule has 1 amide bonds. The number of H-pyrrole nitrogens is 1. The molecular weight excluding hydrogens is 376 g/mol. The number of hydrogen-bond donors (Lipinski definition) is 3. The van der Waals surface area contributed by atoms with Crippen molar-refractivity contribution in [3.05, 3.63) is 69.9 Å². The number of halogens is 1. The van der Waals surface area contributed by atoms with Crippen LogP contribution in [0.5, 0.6) is 0 Å². The molecule has 0 saturated heterocycles. The number of carbonyl (C=O) groups is 1. The topological polar surface area (TPSA) is 95.6 Å². The summed E-state index contributed by atoms with van der Waals surface area (Å²) in [5, 5.41) is 13.5. The van der Waals surface area contributed by atoms with E-state index in [9.17, 15) is 4.79 Å². The van der Waals surface area contributed by atoms with Gasteiger partial charge in [0.15, 0.2) is 0 Å². The molecule has 0 aliphatic heterocycles. The van der Waals surface area contributed by atoms with Crippen molar-refractivity contribution in [1.29, 1.82) is 0 Å². The highest BCUT2D eigenvalue weighted by Gasteiger charge is 2.18. The van der Waals surface area contributed by atoms with E-state index in [2.05, 4.69) is 30.8 Å². The van der Waals surface area contributed by atoms with Crippen molar-refractivity contribution >= 4 is 23.3 Å². The molecule has 2 aromatic heterocycles. The number of nitrogens with zero attached hydrogens (tertiary/aromatic N) is 3. The number of benzene rings is 1. The second-order valence-corrected chi connectivity index (χ2v) is 7.01. The molecule has 1 aromatic carbocycles. The lowest BCUT2D eigenvalue weighted by molar-refractivity contribution is 0.0929. The van der Waals surface area contributed by atoms with E-state index in [0.717, 1.165) is 28.8 Å². The smallest absolute Gasteiger partial charge is 0.289 e. The summed E-state index contributed by atoms with van der Waals surface area (Å²) in [6.45, 7) is 6.36. The molecule has 3 rings (SSSR count). The van der Waals surface area contributed by atoms with Crippen LogP contribution in [0.2, 0.25) is 5.02 Å². The van der Waals surface area contributed by atoms with Crippen LogP contribution in [0, 0.1) is 13.8 Å². The maximum atomic E-state index is 12.7. The highest BCUT2D eigenvalue weighted by atomic mass is 35.5. The lowest BCUT2D eigenvalue weighted by Gasteiger charge is -2.16. The zero-order valence-electron chi connectivity index (χ0n) is 16.1. The molecule has 3 aromatic rings. The van der Waals surface area contributed by atoms with Crippen LogP contribution in [-0.4, -0.2) is 32.6 Å². The highest BCUT2D eigenvalue weighted by molar-refractivity contribution is 6.31. The van der Waals surface area contributed by atoms with E-state index in [4.69, 9.17) is 11.6 Å². The van der Waals surface area contributed by atoms with E-state index in [1.807, 2.05) is 45.2 Å². The van der Waals surface area contributed by atoms with E-state index in [0.29, 0.717) is 17.4 Å². The summed E-state index contributed by atoms with van der Waals surface area (Å²) in [4.78, 5) is 21.5. The first-order valence-electron chi connectivity index (χ1n) is 9.07. The standard InChI is InChI=1S/C20H23ClN6O/c1-12-13(2)25-19(27-18(12)22-9-8-15-10-23-24-11-15)20(28)26-14(3)16-6-4-5-7-17(16)21/h4-7,10-11,14H,8-9H2,1-3H3,(H,23,24)(H,26,28)(H,22,25,27)/t14-/m1/s1. The monoisotopic (exact) mass is 398 g/mol. The van der Waals surface area contributed by atoms with Gasteiger partial charge in [-0.3, -0.25) is 9.89 Å². The largest absolute Gasteiger partial charge is 0.369 e. The van der Waals surface area contributed by atoms with Crippen molar-refractivity contribution in [1.82, 2.24) is 25.5 Å². The molecule has 0 saturated carbocycles. The summed E-state index contributed by atoms with van der Waals surface area (Å²) in [5.74, 6) is 0.452. The van der Waals surface area contributed by atoms with Crippen LogP contribution in [0.15, 0.2) is 36.7 Å². The number of aryl methyl sites for hydroxylation is 1. The Hall–Kier alpha value is -2.93. The molecule has 3 N–H and O–H groups in total. The number of aromatic nitrogens is 4. The quantitative estimate of drug-likeness (QED) is 0.565. The molecule has 0 unspecified atom stereocenters. The number of anilines is 1. The van der Waals surface area contributed by atoms with E-state index in [1.165, 1.54) is 0 Å². The Morgan fingerprint density at radius 1 is 1.25 bits per heavy atom. The Balaban J connectivity index is 1.71. The van der Waals surface area contributed by atoms with Crippen molar-refractivity contribution in [2.24, 2.45) is 0 Å². The van der Waals surface area contributed by atoms with Crippen LogP contribution >= 0.6 is 11.6 Å².